The lowest BCUT2D eigenvalue weighted by Gasteiger charge is -2.37. The zero-order valence-electron chi connectivity index (χ0n) is 18.4. The fourth-order valence-electron chi connectivity index (χ4n) is 4.61. The van der Waals surface area contributed by atoms with Gasteiger partial charge in [0, 0.05) is 49.7 Å². The first-order valence-corrected chi connectivity index (χ1v) is 11.4. The number of fused-ring (bicyclic) bond motifs is 1. The molecule has 0 saturated carbocycles. The molecule has 0 bridgehead atoms. The summed E-state index contributed by atoms with van der Waals surface area (Å²) in [5.41, 5.74) is 5.54. The van der Waals surface area contributed by atoms with Crippen LogP contribution in [0.5, 0.6) is 0 Å². The third-order valence-electron chi connectivity index (χ3n) is 6.37. The summed E-state index contributed by atoms with van der Waals surface area (Å²) in [6.07, 6.45) is 6.62. The summed E-state index contributed by atoms with van der Waals surface area (Å²) in [6, 6.07) is 21.9. The van der Waals surface area contributed by atoms with E-state index in [0.717, 1.165) is 18.2 Å². The van der Waals surface area contributed by atoms with Gasteiger partial charge < -0.3 is 9.80 Å². The Balaban J connectivity index is 0.000000282. The molecule has 2 aliphatic heterocycles. The van der Waals surface area contributed by atoms with Gasteiger partial charge in [0.25, 0.3) is 0 Å². The molecule has 0 amide bonds. The molecule has 1 saturated heterocycles. The standard InChI is InChI=1S/C21H27N3.C6H5F/c1-2-23-12-9-20(10-13-23)24-14-8-18-7-6-17(16-21(18)24)15-19-5-3-4-11-22-19;7-6-4-2-1-3-5-6/h3-7,11,16,20H,2,8-10,12-15H2,1H3;1-5H. The molecule has 4 heteroatoms. The minimum Gasteiger partial charge on any atom is -0.368 e. The summed E-state index contributed by atoms with van der Waals surface area (Å²) in [5, 5.41) is 0. The molecule has 3 heterocycles. The maximum Gasteiger partial charge on any atom is 0.123 e. The number of nitrogens with zero attached hydrogens (tertiary/aromatic N) is 3. The first-order chi connectivity index (χ1) is 15.2. The quantitative estimate of drug-likeness (QED) is 0.571. The number of benzene rings is 2. The maximum atomic E-state index is 11.9. The molecule has 1 aromatic heterocycles. The molecule has 1 fully saturated rings. The van der Waals surface area contributed by atoms with E-state index in [2.05, 4.69) is 52.0 Å². The van der Waals surface area contributed by atoms with Crippen molar-refractivity contribution in [3.63, 3.8) is 0 Å². The molecule has 0 spiro atoms. The van der Waals surface area contributed by atoms with Crippen LogP contribution < -0.4 is 4.90 Å². The van der Waals surface area contributed by atoms with E-state index in [0.29, 0.717) is 0 Å². The number of rotatable bonds is 4. The molecule has 0 N–H and O–H groups in total. The number of hydrogen-bond donors (Lipinski definition) is 0. The highest BCUT2D eigenvalue weighted by molar-refractivity contribution is 5.60. The SMILES string of the molecule is CCN1CCC(N2CCc3ccc(Cc4ccccn4)cc32)CC1.Fc1ccccc1. The molecule has 162 valence electrons. The Morgan fingerprint density at radius 3 is 2.35 bits per heavy atom. The van der Waals surface area contributed by atoms with Crippen molar-refractivity contribution in [3.8, 4) is 0 Å². The fraction of sp³-hybridized carbons (Fsp3) is 0.370. The van der Waals surface area contributed by atoms with Crippen LogP contribution in [0.25, 0.3) is 0 Å². The molecule has 2 aromatic carbocycles. The van der Waals surface area contributed by atoms with Crippen LogP contribution in [-0.4, -0.2) is 42.1 Å². The molecule has 0 radical (unpaired) electrons. The number of halogens is 1. The smallest absolute Gasteiger partial charge is 0.123 e. The highest BCUT2D eigenvalue weighted by Crippen LogP contribution is 2.33. The van der Waals surface area contributed by atoms with Crippen LogP contribution in [0.1, 0.15) is 36.6 Å². The van der Waals surface area contributed by atoms with Crippen molar-refractivity contribution in [1.82, 2.24) is 9.88 Å². The van der Waals surface area contributed by atoms with Gasteiger partial charge in [-0.1, -0.05) is 43.3 Å². The summed E-state index contributed by atoms with van der Waals surface area (Å²) >= 11 is 0. The zero-order valence-corrected chi connectivity index (χ0v) is 18.4. The lowest BCUT2D eigenvalue weighted by Crippen LogP contribution is -2.44. The lowest BCUT2D eigenvalue weighted by atomic mass is 10.0. The number of hydrogen-bond acceptors (Lipinski definition) is 3. The number of aromatic nitrogens is 1. The topological polar surface area (TPSA) is 19.4 Å². The van der Waals surface area contributed by atoms with E-state index in [1.807, 2.05) is 12.3 Å². The van der Waals surface area contributed by atoms with Crippen molar-refractivity contribution >= 4 is 5.69 Å². The van der Waals surface area contributed by atoms with Crippen LogP contribution in [0, 0.1) is 5.82 Å². The van der Waals surface area contributed by atoms with Crippen LogP contribution >= 0.6 is 0 Å². The van der Waals surface area contributed by atoms with Crippen molar-refractivity contribution in [2.24, 2.45) is 0 Å². The van der Waals surface area contributed by atoms with E-state index in [-0.39, 0.29) is 5.82 Å². The second kappa shape index (κ2) is 10.5. The van der Waals surface area contributed by atoms with Gasteiger partial charge in [-0.25, -0.2) is 4.39 Å². The zero-order chi connectivity index (χ0) is 21.5. The van der Waals surface area contributed by atoms with Crippen LogP contribution in [0.4, 0.5) is 10.1 Å². The Bertz CT molecular complexity index is 937. The molecule has 3 aromatic rings. The van der Waals surface area contributed by atoms with E-state index >= 15 is 0 Å². The van der Waals surface area contributed by atoms with Gasteiger partial charge in [0.2, 0.25) is 0 Å². The number of likely N-dealkylation sites (tertiary alicyclic amines) is 1. The lowest BCUT2D eigenvalue weighted by molar-refractivity contribution is 0.219. The molecule has 2 aliphatic rings. The molecular weight excluding hydrogens is 385 g/mol. The first kappa shape index (κ1) is 21.5. The summed E-state index contributed by atoms with van der Waals surface area (Å²) in [6.45, 7) is 7.16. The van der Waals surface area contributed by atoms with Crippen LogP contribution in [0.15, 0.2) is 72.9 Å². The van der Waals surface area contributed by atoms with Crippen molar-refractivity contribution in [1.29, 1.82) is 0 Å². The number of anilines is 1. The van der Waals surface area contributed by atoms with Crippen LogP contribution in [-0.2, 0) is 12.8 Å². The summed E-state index contributed by atoms with van der Waals surface area (Å²) in [5.74, 6) is -0.178. The normalized spacial score (nSPS) is 16.5. The Morgan fingerprint density at radius 1 is 0.935 bits per heavy atom. The molecule has 0 aliphatic carbocycles. The minimum atomic E-state index is -0.178. The van der Waals surface area contributed by atoms with Crippen molar-refractivity contribution in [2.75, 3.05) is 31.1 Å². The van der Waals surface area contributed by atoms with E-state index in [4.69, 9.17) is 0 Å². The van der Waals surface area contributed by atoms with Gasteiger partial charge in [0.1, 0.15) is 5.82 Å². The molecule has 0 unspecified atom stereocenters. The Morgan fingerprint density at radius 2 is 1.71 bits per heavy atom. The minimum absolute atomic E-state index is 0.178. The number of pyridine rings is 1. The predicted octanol–water partition coefficient (Wildman–Crippen LogP) is 5.34. The molecule has 0 atom stereocenters. The van der Waals surface area contributed by atoms with Crippen molar-refractivity contribution < 1.29 is 4.39 Å². The van der Waals surface area contributed by atoms with Crippen LogP contribution in [0.2, 0.25) is 0 Å². The van der Waals surface area contributed by atoms with Gasteiger partial charge >= 0.3 is 0 Å². The van der Waals surface area contributed by atoms with E-state index < -0.39 is 0 Å². The fourth-order valence-corrected chi connectivity index (χ4v) is 4.61. The average Bonchev–Trinajstić information content (AvgIpc) is 3.24. The third-order valence-corrected chi connectivity index (χ3v) is 6.37. The van der Waals surface area contributed by atoms with Gasteiger partial charge in [0.05, 0.1) is 0 Å². The molecule has 3 nitrogen and oxygen atoms in total. The highest BCUT2D eigenvalue weighted by Gasteiger charge is 2.29. The van der Waals surface area contributed by atoms with E-state index in [1.165, 1.54) is 74.4 Å². The van der Waals surface area contributed by atoms with Gasteiger partial charge in [-0.15, -0.1) is 0 Å². The second-order valence-electron chi connectivity index (χ2n) is 8.37. The van der Waals surface area contributed by atoms with Gasteiger partial charge in [-0.2, -0.15) is 0 Å². The Labute approximate surface area is 185 Å². The third kappa shape index (κ3) is 5.71. The van der Waals surface area contributed by atoms with Crippen molar-refractivity contribution in [3.05, 3.63) is 95.6 Å². The van der Waals surface area contributed by atoms with Crippen LogP contribution in [0.3, 0.4) is 0 Å². The molecule has 31 heavy (non-hydrogen) atoms. The largest absolute Gasteiger partial charge is 0.368 e. The van der Waals surface area contributed by atoms with Crippen molar-refractivity contribution in [2.45, 2.75) is 38.6 Å². The highest BCUT2D eigenvalue weighted by atomic mass is 19.1. The molecular formula is C27H32FN3. The summed E-state index contributed by atoms with van der Waals surface area (Å²) < 4.78 is 11.9. The monoisotopic (exact) mass is 417 g/mol. The average molecular weight is 418 g/mol. The van der Waals surface area contributed by atoms with E-state index in [1.54, 1.807) is 18.2 Å². The van der Waals surface area contributed by atoms with Gasteiger partial charge in [0.15, 0.2) is 0 Å². The first-order valence-electron chi connectivity index (χ1n) is 11.4. The number of piperidine rings is 1. The van der Waals surface area contributed by atoms with Gasteiger partial charge in [-0.05, 0) is 67.3 Å². The second-order valence-corrected chi connectivity index (χ2v) is 8.37. The Hall–Kier alpha value is -2.72. The molecule has 5 rings (SSSR count). The van der Waals surface area contributed by atoms with Gasteiger partial charge in [-0.3, -0.25) is 4.98 Å². The maximum absolute atomic E-state index is 11.9. The van der Waals surface area contributed by atoms with E-state index in [9.17, 15) is 4.39 Å². The predicted molar refractivity (Wildman–Crippen MR) is 126 cm³/mol. The summed E-state index contributed by atoms with van der Waals surface area (Å²) in [4.78, 5) is 9.73. The Kier molecular flexibility index (Phi) is 7.31. The summed E-state index contributed by atoms with van der Waals surface area (Å²) in [7, 11) is 0.